The molecule has 1 aliphatic rings. The zero-order valence-corrected chi connectivity index (χ0v) is 21.0. The first-order valence-electron chi connectivity index (χ1n) is 12.2. The topological polar surface area (TPSA) is 0 Å². The Balaban J connectivity index is 1.22. The molecule has 0 nitrogen and oxygen atoms in total. The fraction of sp³-hybridized carbons (Fsp3) is 0. The fourth-order valence-electron chi connectivity index (χ4n) is 5.56. The van der Waals surface area contributed by atoms with Crippen LogP contribution in [0.3, 0.4) is 0 Å². The molecule has 0 N–H and O–H groups in total. The minimum absolute atomic E-state index is 1.25. The monoisotopic (exact) mass is 492 g/mol. The first-order chi connectivity index (χ1) is 17.8. The zero-order chi connectivity index (χ0) is 23.6. The average Bonchev–Trinajstić information content (AvgIpc) is 3.32. The van der Waals surface area contributed by atoms with E-state index >= 15 is 0 Å². The Labute approximate surface area is 217 Å². The molecule has 2 heteroatoms. The number of rotatable bonds is 2. The summed E-state index contributed by atoms with van der Waals surface area (Å²) in [5.41, 5.74) is 7.76. The lowest BCUT2D eigenvalue weighted by Gasteiger charge is -2.21. The van der Waals surface area contributed by atoms with Gasteiger partial charge >= 0.3 is 0 Å². The van der Waals surface area contributed by atoms with Crippen molar-refractivity contribution in [3.63, 3.8) is 0 Å². The van der Waals surface area contributed by atoms with E-state index in [0.29, 0.717) is 0 Å². The molecule has 0 atom stereocenters. The molecule has 0 saturated carbocycles. The van der Waals surface area contributed by atoms with Crippen LogP contribution in [0, 0.1) is 0 Å². The van der Waals surface area contributed by atoms with Gasteiger partial charge in [0.05, 0.1) is 0 Å². The van der Waals surface area contributed by atoms with Crippen LogP contribution in [0.1, 0.15) is 0 Å². The van der Waals surface area contributed by atoms with E-state index in [2.05, 4.69) is 121 Å². The van der Waals surface area contributed by atoms with Gasteiger partial charge in [0.25, 0.3) is 0 Å². The largest absolute Gasteiger partial charge is 0.135 e. The minimum atomic E-state index is 1.25. The molecule has 0 saturated heterocycles. The predicted octanol–water partition coefficient (Wildman–Crippen LogP) is 10.7. The van der Waals surface area contributed by atoms with Crippen molar-refractivity contribution in [2.45, 2.75) is 9.79 Å². The molecule has 2 heterocycles. The Morgan fingerprint density at radius 1 is 0.444 bits per heavy atom. The van der Waals surface area contributed by atoms with Crippen LogP contribution in [0.25, 0.3) is 64.3 Å². The summed E-state index contributed by atoms with van der Waals surface area (Å²) >= 11 is 3.77. The Morgan fingerprint density at radius 3 is 2.08 bits per heavy atom. The lowest BCUT2D eigenvalue weighted by molar-refractivity contribution is 1.39. The fourth-order valence-corrected chi connectivity index (χ4v) is 7.93. The van der Waals surface area contributed by atoms with Crippen LogP contribution >= 0.6 is 23.1 Å². The molecule has 168 valence electrons. The maximum Gasteiger partial charge on any atom is 0.0433 e. The van der Waals surface area contributed by atoms with Crippen molar-refractivity contribution in [3.8, 4) is 33.4 Å². The third-order valence-corrected chi connectivity index (χ3v) is 9.65. The molecule has 0 unspecified atom stereocenters. The van der Waals surface area contributed by atoms with Gasteiger partial charge in [-0.15, -0.1) is 11.3 Å². The molecule has 0 aliphatic carbocycles. The van der Waals surface area contributed by atoms with E-state index in [1.165, 1.54) is 74.1 Å². The summed E-state index contributed by atoms with van der Waals surface area (Å²) in [5.74, 6) is 0. The van der Waals surface area contributed by atoms with Gasteiger partial charge in [-0.25, -0.2) is 0 Å². The maximum atomic E-state index is 2.37. The van der Waals surface area contributed by atoms with Crippen LogP contribution in [-0.2, 0) is 0 Å². The minimum Gasteiger partial charge on any atom is -0.135 e. The third kappa shape index (κ3) is 3.02. The number of hydrogen-bond acceptors (Lipinski definition) is 2. The Hall–Kier alpha value is -3.85. The van der Waals surface area contributed by atoms with E-state index in [1.54, 1.807) is 0 Å². The second-order valence-corrected chi connectivity index (χ2v) is 11.5. The molecule has 7 aromatic rings. The quantitative estimate of drug-likeness (QED) is 0.231. The summed E-state index contributed by atoms with van der Waals surface area (Å²) in [5, 5.41) is 5.38. The summed E-state index contributed by atoms with van der Waals surface area (Å²) in [6.07, 6.45) is 0. The van der Waals surface area contributed by atoms with Crippen LogP contribution < -0.4 is 0 Å². The number of thiophene rings is 1. The third-order valence-electron chi connectivity index (χ3n) is 7.29. The molecule has 0 amide bonds. The van der Waals surface area contributed by atoms with Crippen molar-refractivity contribution in [2.24, 2.45) is 0 Å². The van der Waals surface area contributed by atoms with E-state index < -0.39 is 0 Å². The van der Waals surface area contributed by atoms with Crippen LogP contribution in [0.2, 0.25) is 0 Å². The molecule has 36 heavy (non-hydrogen) atoms. The highest BCUT2D eigenvalue weighted by Gasteiger charge is 2.19. The zero-order valence-electron chi connectivity index (χ0n) is 19.4. The summed E-state index contributed by atoms with van der Waals surface area (Å²) in [6, 6.07) is 44.7. The van der Waals surface area contributed by atoms with Crippen molar-refractivity contribution in [3.05, 3.63) is 121 Å². The molecule has 8 rings (SSSR count). The molecule has 1 aliphatic heterocycles. The Bertz CT molecular complexity index is 1950. The maximum absolute atomic E-state index is 2.37. The highest BCUT2D eigenvalue weighted by Crippen LogP contribution is 2.49. The molecular weight excluding hydrogens is 473 g/mol. The van der Waals surface area contributed by atoms with Crippen LogP contribution in [0.15, 0.2) is 131 Å². The van der Waals surface area contributed by atoms with E-state index in [0.717, 1.165) is 0 Å². The number of benzene rings is 6. The van der Waals surface area contributed by atoms with Gasteiger partial charge in [-0.05, 0) is 63.0 Å². The Morgan fingerprint density at radius 2 is 1.17 bits per heavy atom. The van der Waals surface area contributed by atoms with E-state index in [9.17, 15) is 0 Å². The molecule has 1 aromatic heterocycles. The standard InChI is InChI=1S/C34H20S2/c1-2-12-30-26(8-1)28-11-5-9-25(34(28)36-30)22-16-14-21(15-17-22)24-18-19-31-29(20-24)27-10-3-6-23-7-4-13-32(35-31)33(23)27/h1-20H. The number of hydrogen-bond donors (Lipinski definition) is 0. The van der Waals surface area contributed by atoms with E-state index in [4.69, 9.17) is 0 Å². The van der Waals surface area contributed by atoms with Gasteiger partial charge in [0.2, 0.25) is 0 Å². The molecular formula is C34H20S2. The molecule has 0 spiro atoms. The van der Waals surface area contributed by atoms with E-state index in [1.807, 2.05) is 23.1 Å². The lowest BCUT2D eigenvalue weighted by atomic mass is 9.94. The summed E-state index contributed by atoms with van der Waals surface area (Å²) in [6.45, 7) is 0. The second-order valence-electron chi connectivity index (χ2n) is 9.33. The smallest absolute Gasteiger partial charge is 0.0433 e. The van der Waals surface area contributed by atoms with Crippen molar-refractivity contribution < 1.29 is 0 Å². The average molecular weight is 493 g/mol. The number of fused-ring (bicyclic) bond motifs is 5. The molecule has 0 radical (unpaired) electrons. The van der Waals surface area contributed by atoms with Gasteiger partial charge < -0.3 is 0 Å². The van der Waals surface area contributed by atoms with Crippen molar-refractivity contribution >= 4 is 54.0 Å². The summed E-state index contributed by atoms with van der Waals surface area (Å²) in [4.78, 5) is 2.68. The highest BCUT2D eigenvalue weighted by molar-refractivity contribution is 7.99. The normalized spacial score (nSPS) is 12.3. The van der Waals surface area contributed by atoms with Crippen molar-refractivity contribution in [1.82, 2.24) is 0 Å². The van der Waals surface area contributed by atoms with Gasteiger partial charge in [0, 0.05) is 35.3 Å². The summed E-state index contributed by atoms with van der Waals surface area (Å²) in [7, 11) is 0. The Kier molecular flexibility index (Phi) is 4.42. The molecule has 6 aromatic carbocycles. The lowest BCUT2D eigenvalue weighted by Crippen LogP contribution is -1.93. The van der Waals surface area contributed by atoms with Crippen molar-refractivity contribution in [2.75, 3.05) is 0 Å². The van der Waals surface area contributed by atoms with Crippen LogP contribution in [-0.4, -0.2) is 0 Å². The van der Waals surface area contributed by atoms with E-state index in [-0.39, 0.29) is 0 Å². The van der Waals surface area contributed by atoms with Crippen molar-refractivity contribution in [1.29, 1.82) is 0 Å². The van der Waals surface area contributed by atoms with Crippen LogP contribution in [0.5, 0.6) is 0 Å². The van der Waals surface area contributed by atoms with Gasteiger partial charge in [0.15, 0.2) is 0 Å². The van der Waals surface area contributed by atoms with Crippen LogP contribution in [0.4, 0.5) is 0 Å². The first-order valence-corrected chi connectivity index (χ1v) is 13.8. The molecule has 0 fully saturated rings. The van der Waals surface area contributed by atoms with Gasteiger partial charge in [-0.1, -0.05) is 109 Å². The SMILES string of the molecule is c1cc2c3c(cccc3c1)-c1cc(-c3ccc(-c4cccc5c4sc4ccccc45)cc3)ccc1S2. The van der Waals surface area contributed by atoms with Gasteiger partial charge in [0.1, 0.15) is 0 Å². The first kappa shape index (κ1) is 20.4. The van der Waals surface area contributed by atoms with Gasteiger partial charge in [-0.2, -0.15) is 0 Å². The summed E-state index contributed by atoms with van der Waals surface area (Å²) < 4.78 is 2.71. The second kappa shape index (κ2) is 7.83. The highest BCUT2D eigenvalue weighted by atomic mass is 32.2. The van der Waals surface area contributed by atoms with Gasteiger partial charge in [-0.3, -0.25) is 0 Å². The predicted molar refractivity (Wildman–Crippen MR) is 157 cm³/mol. The molecule has 0 bridgehead atoms.